The van der Waals surface area contributed by atoms with Crippen molar-refractivity contribution in [2.75, 3.05) is 11.6 Å². The molecular formula is C12H17BrN2S. The molecule has 1 aliphatic rings. The van der Waals surface area contributed by atoms with E-state index >= 15 is 0 Å². The van der Waals surface area contributed by atoms with Crippen molar-refractivity contribution in [1.82, 2.24) is 4.98 Å². The number of hydrogen-bond donors (Lipinski definition) is 1. The van der Waals surface area contributed by atoms with Gasteiger partial charge in [0.25, 0.3) is 0 Å². The lowest BCUT2D eigenvalue weighted by atomic mass is 9.95. The van der Waals surface area contributed by atoms with E-state index < -0.39 is 0 Å². The third-order valence-corrected chi connectivity index (χ3v) is 4.90. The normalized spacial score (nSPS) is 25.4. The number of halogens is 1. The smallest absolute Gasteiger partial charge is 0.140 e. The maximum Gasteiger partial charge on any atom is 0.140 e. The Hall–Kier alpha value is -0.220. The Morgan fingerprint density at radius 2 is 2.25 bits per heavy atom. The standard InChI is InChI=1S/C12H17BrN2S/c1-16-11-7-3-2-6-10(11)15-12-9(13)5-4-8-14-12/h4-5,8,10-11H,2-3,6-7H2,1H3,(H,14,15). The van der Waals surface area contributed by atoms with Crippen LogP contribution < -0.4 is 5.32 Å². The van der Waals surface area contributed by atoms with Crippen molar-refractivity contribution in [2.24, 2.45) is 0 Å². The van der Waals surface area contributed by atoms with Crippen molar-refractivity contribution in [2.45, 2.75) is 37.0 Å². The van der Waals surface area contributed by atoms with Crippen LogP contribution in [-0.2, 0) is 0 Å². The Kier molecular flexibility index (Phi) is 4.53. The molecule has 2 atom stereocenters. The van der Waals surface area contributed by atoms with Gasteiger partial charge in [0.05, 0.1) is 4.47 Å². The first kappa shape index (κ1) is 12.2. The molecule has 0 saturated heterocycles. The predicted octanol–water partition coefficient (Wildman–Crippen LogP) is 3.93. The molecule has 0 spiro atoms. The molecule has 0 radical (unpaired) electrons. The molecule has 0 amide bonds. The first-order chi connectivity index (χ1) is 7.81. The van der Waals surface area contributed by atoms with E-state index in [9.17, 15) is 0 Å². The van der Waals surface area contributed by atoms with E-state index in [0.717, 1.165) is 15.5 Å². The quantitative estimate of drug-likeness (QED) is 0.915. The van der Waals surface area contributed by atoms with Crippen molar-refractivity contribution in [1.29, 1.82) is 0 Å². The molecule has 1 heterocycles. The Balaban J connectivity index is 2.05. The summed E-state index contributed by atoms with van der Waals surface area (Å²) in [4.78, 5) is 4.37. The Bertz CT molecular complexity index is 346. The molecule has 1 aliphatic carbocycles. The highest BCUT2D eigenvalue weighted by Gasteiger charge is 2.24. The number of nitrogens with one attached hydrogen (secondary N) is 1. The minimum atomic E-state index is 0.565. The summed E-state index contributed by atoms with van der Waals surface area (Å²) in [5.41, 5.74) is 0. The molecule has 1 N–H and O–H groups in total. The fourth-order valence-electron chi connectivity index (χ4n) is 2.21. The molecule has 1 aromatic heterocycles. The van der Waals surface area contributed by atoms with Crippen LogP contribution in [0.3, 0.4) is 0 Å². The summed E-state index contributed by atoms with van der Waals surface area (Å²) in [5.74, 6) is 0.980. The van der Waals surface area contributed by atoms with Gasteiger partial charge < -0.3 is 5.32 Å². The van der Waals surface area contributed by atoms with Crippen molar-refractivity contribution in [3.63, 3.8) is 0 Å². The molecule has 0 aliphatic heterocycles. The topological polar surface area (TPSA) is 24.9 Å². The molecule has 1 aromatic rings. The molecule has 2 nitrogen and oxygen atoms in total. The molecule has 1 fully saturated rings. The van der Waals surface area contributed by atoms with Gasteiger partial charge in [-0.15, -0.1) is 0 Å². The fourth-order valence-corrected chi connectivity index (χ4v) is 3.52. The van der Waals surface area contributed by atoms with Gasteiger partial charge in [0, 0.05) is 17.5 Å². The van der Waals surface area contributed by atoms with Crippen LogP contribution >= 0.6 is 27.7 Å². The van der Waals surface area contributed by atoms with Crippen LogP contribution in [0.1, 0.15) is 25.7 Å². The van der Waals surface area contributed by atoms with E-state index in [-0.39, 0.29) is 0 Å². The number of pyridine rings is 1. The SMILES string of the molecule is CSC1CCCCC1Nc1ncccc1Br. The van der Waals surface area contributed by atoms with Crippen LogP contribution in [0.2, 0.25) is 0 Å². The zero-order valence-corrected chi connectivity index (χ0v) is 11.9. The summed E-state index contributed by atoms with van der Waals surface area (Å²) in [6.45, 7) is 0. The minimum absolute atomic E-state index is 0.565. The van der Waals surface area contributed by atoms with Gasteiger partial charge in [-0.2, -0.15) is 11.8 Å². The number of hydrogen-bond acceptors (Lipinski definition) is 3. The summed E-state index contributed by atoms with van der Waals surface area (Å²) in [7, 11) is 0. The maximum absolute atomic E-state index is 4.37. The van der Waals surface area contributed by atoms with Gasteiger partial charge in [0.2, 0.25) is 0 Å². The average molecular weight is 301 g/mol. The number of anilines is 1. The largest absolute Gasteiger partial charge is 0.365 e. The lowest BCUT2D eigenvalue weighted by molar-refractivity contribution is 0.474. The van der Waals surface area contributed by atoms with E-state index in [2.05, 4.69) is 32.5 Å². The van der Waals surface area contributed by atoms with E-state index in [0.29, 0.717) is 6.04 Å². The summed E-state index contributed by atoms with van der Waals surface area (Å²) in [6.07, 6.45) is 9.33. The number of thioether (sulfide) groups is 1. The third kappa shape index (κ3) is 2.92. The fraction of sp³-hybridized carbons (Fsp3) is 0.583. The van der Waals surface area contributed by atoms with Crippen LogP contribution in [0.5, 0.6) is 0 Å². The molecule has 4 heteroatoms. The highest BCUT2D eigenvalue weighted by atomic mass is 79.9. The van der Waals surface area contributed by atoms with Crippen molar-refractivity contribution in [3.05, 3.63) is 22.8 Å². The first-order valence-corrected chi connectivity index (χ1v) is 7.79. The van der Waals surface area contributed by atoms with Crippen molar-refractivity contribution < 1.29 is 0 Å². The summed E-state index contributed by atoms with van der Waals surface area (Å²) in [6, 6.07) is 4.55. The summed E-state index contributed by atoms with van der Waals surface area (Å²) in [5, 5.41) is 4.30. The zero-order valence-electron chi connectivity index (χ0n) is 9.45. The highest BCUT2D eigenvalue weighted by molar-refractivity contribution is 9.10. The lowest BCUT2D eigenvalue weighted by Gasteiger charge is -2.31. The third-order valence-electron chi connectivity index (χ3n) is 3.09. The van der Waals surface area contributed by atoms with Gasteiger partial charge in [0.15, 0.2) is 0 Å². The van der Waals surface area contributed by atoms with Crippen LogP contribution in [-0.4, -0.2) is 22.5 Å². The number of aromatic nitrogens is 1. The molecule has 2 rings (SSSR count). The Morgan fingerprint density at radius 1 is 1.44 bits per heavy atom. The highest BCUT2D eigenvalue weighted by Crippen LogP contribution is 2.30. The summed E-state index contributed by atoms with van der Waals surface area (Å²) >= 11 is 5.51. The van der Waals surface area contributed by atoms with E-state index in [1.165, 1.54) is 25.7 Å². The van der Waals surface area contributed by atoms with E-state index in [1.54, 1.807) is 0 Å². The summed E-state index contributed by atoms with van der Waals surface area (Å²) < 4.78 is 1.06. The average Bonchev–Trinajstić information content (AvgIpc) is 2.33. The second-order valence-electron chi connectivity index (χ2n) is 4.14. The van der Waals surface area contributed by atoms with Crippen LogP contribution in [0.4, 0.5) is 5.82 Å². The monoisotopic (exact) mass is 300 g/mol. The van der Waals surface area contributed by atoms with Gasteiger partial charge in [0.1, 0.15) is 5.82 Å². The predicted molar refractivity (Wildman–Crippen MR) is 75.1 cm³/mol. The second-order valence-corrected chi connectivity index (χ2v) is 6.07. The molecule has 1 saturated carbocycles. The van der Waals surface area contributed by atoms with Crippen LogP contribution in [0.25, 0.3) is 0 Å². The van der Waals surface area contributed by atoms with Crippen molar-refractivity contribution in [3.8, 4) is 0 Å². The first-order valence-electron chi connectivity index (χ1n) is 5.71. The molecule has 16 heavy (non-hydrogen) atoms. The lowest BCUT2D eigenvalue weighted by Crippen LogP contribution is -2.34. The maximum atomic E-state index is 4.37. The Labute approximate surface area is 110 Å². The van der Waals surface area contributed by atoms with Gasteiger partial charge in [-0.05, 0) is 47.2 Å². The number of nitrogens with zero attached hydrogens (tertiary/aromatic N) is 1. The molecule has 0 bridgehead atoms. The second kappa shape index (κ2) is 5.92. The van der Waals surface area contributed by atoms with E-state index in [4.69, 9.17) is 0 Å². The van der Waals surface area contributed by atoms with Gasteiger partial charge in [-0.3, -0.25) is 0 Å². The molecule has 2 unspecified atom stereocenters. The zero-order chi connectivity index (χ0) is 11.4. The van der Waals surface area contributed by atoms with Crippen LogP contribution in [0, 0.1) is 0 Å². The molecule has 88 valence electrons. The molecular weight excluding hydrogens is 284 g/mol. The van der Waals surface area contributed by atoms with Gasteiger partial charge >= 0.3 is 0 Å². The molecule has 0 aromatic carbocycles. The van der Waals surface area contributed by atoms with E-state index in [1.807, 2.05) is 30.1 Å². The van der Waals surface area contributed by atoms with Crippen molar-refractivity contribution >= 4 is 33.5 Å². The Morgan fingerprint density at radius 3 is 3.00 bits per heavy atom. The minimum Gasteiger partial charge on any atom is -0.365 e. The van der Waals surface area contributed by atoms with Crippen LogP contribution in [0.15, 0.2) is 22.8 Å². The number of rotatable bonds is 3. The van der Waals surface area contributed by atoms with Gasteiger partial charge in [-0.1, -0.05) is 12.8 Å². The van der Waals surface area contributed by atoms with Gasteiger partial charge in [-0.25, -0.2) is 4.98 Å².